The Hall–Kier alpha value is -1.10. The first kappa shape index (κ1) is 9.45. The molecular weight excluding hydrogens is 184 g/mol. The molecule has 2 saturated heterocycles. The first-order valence-electron chi connectivity index (χ1n) is 4.93. The third-order valence-electron chi connectivity index (χ3n) is 2.77. The molecule has 14 heavy (non-hydrogen) atoms. The van der Waals surface area contributed by atoms with Crippen LogP contribution in [0.2, 0.25) is 0 Å². The SMILES string of the molecule is O=C1CC[C@H](C(=O)N2CC[C@H](O)C2)N1. The van der Waals surface area contributed by atoms with Gasteiger partial charge in [-0.25, -0.2) is 0 Å². The summed E-state index contributed by atoms with van der Waals surface area (Å²) in [6.07, 6.45) is 1.28. The van der Waals surface area contributed by atoms with Gasteiger partial charge in [-0.1, -0.05) is 0 Å². The summed E-state index contributed by atoms with van der Waals surface area (Å²) >= 11 is 0. The predicted molar refractivity (Wildman–Crippen MR) is 48.4 cm³/mol. The van der Waals surface area contributed by atoms with E-state index in [1.165, 1.54) is 0 Å². The summed E-state index contributed by atoms with van der Waals surface area (Å²) < 4.78 is 0. The van der Waals surface area contributed by atoms with Gasteiger partial charge in [-0.2, -0.15) is 0 Å². The number of amides is 2. The van der Waals surface area contributed by atoms with E-state index in [-0.39, 0.29) is 17.9 Å². The fourth-order valence-electron chi connectivity index (χ4n) is 1.96. The molecule has 2 N–H and O–H groups in total. The second-order valence-electron chi connectivity index (χ2n) is 3.89. The highest BCUT2D eigenvalue weighted by Crippen LogP contribution is 2.14. The van der Waals surface area contributed by atoms with Gasteiger partial charge in [0, 0.05) is 19.5 Å². The van der Waals surface area contributed by atoms with E-state index in [2.05, 4.69) is 5.32 Å². The maximum Gasteiger partial charge on any atom is 0.245 e. The molecule has 0 bridgehead atoms. The van der Waals surface area contributed by atoms with Crippen LogP contribution >= 0.6 is 0 Å². The summed E-state index contributed by atoms with van der Waals surface area (Å²) in [6.45, 7) is 1.01. The number of aliphatic hydroxyl groups excluding tert-OH is 1. The van der Waals surface area contributed by atoms with E-state index in [0.29, 0.717) is 32.4 Å². The van der Waals surface area contributed by atoms with Crippen LogP contribution in [0.15, 0.2) is 0 Å². The van der Waals surface area contributed by atoms with Gasteiger partial charge >= 0.3 is 0 Å². The minimum atomic E-state index is -0.393. The molecule has 0 radical (unpaired) electrons. The molecule has 0 aromatic rings. The fraction of sp³-hybridized carbons (Fsp3) is 0.778. The van der Waals surface area contributed by atoms with Crippen LogP contribution < -0.4 is 5.32 Å². The van der Waals surface area contributed by atoms with Gasteiger partial charge in [-0.05, 0) is 12.8 Å². The van der Waals surface area contributed by atoms with Crippen molar-refractivity contribution < 1.29 is 14.7 Å². The molecular formula is C9H14N2O3. The lowest BCUT2D eigenvalue weighted by Gasteiger charge is -2.19. The van der Waals surface area contributed by atoms with Crippen molar-refractivity contribution >= 4 is 11.8 Å². The maximum absolute atomic E-state index is 11.7. The topological polar surface area (TPSA) is 69.6 Å². The van der Waals surface area contributed by atoms with Crippen LogP contribution in [0.1, 0.15) is 19.3 Å². The van der Waals surface area contributed by atoms with Gasteiger partial charge in [0.2, 0.25) is 11.8 Å². The molecule has 0 aromatic heterocycles. The molecule has 0 aliphatic carbocycles. The Morgan fingerprint density at radius 2 is 2.29 bits per heavy atom. The molecule has 2 heterocycles. The molecule has 2 atom stereocenters. The molecule has 5 nitrogen and oxygen atoms in total. The highest BCUT2D eigenvalue weighted by atomic mass is 16.3. The molecule has 2 aliphatic heterocycles. The number of nitrogens with zero attached hydrogens (tertiary/aromatic N) is 1. The third kappa shape index (κ3) is 1.72. The van der Waals surface area contributed by atoms with E-state index in [0.717, 1.165) is 0 Å². The average molecular weight is 198 g/mol. The number of hydrogen-bond donors (Lipinski definition) is 2. The average Bonchev–Trinajstić information content (AvgIpc) is 2.73. The minimum absolute atomic E-state index is 0.0487. The van der Waals surface area contributed by atoms with E-state index in [1.54, 1.807) is 4.90 Å². The van der Waals surface area contributed by atoms with E-state index < -0.39 is 6.10 Å². The lowest BCUT2D eigenvalue weighted by atomic mass is 10.2. The van der Waals surface area contributed by atoms with Gasteiger partial charge < -0.3 is 15.3 Å². The Kier molecular flexibility index (Phi) is 2.41. The maximum atomic E-state index is 11.7. The van der Waals surface area contributed by atoms with Gasteiger partial charge in [0.05, 0.1) is 6.10 Å². The number of carbonyl (C=O) groups excluding carboxylic acids is 2. The molecule has 0 unspecified atom stereocenters. The molecule has 2 aliphatic rings. The first-order valence-corrected chi connectivity index (χ1v) is 4.93. The molecule has 0 saturated carbocycles. The van der Waals surface area contributed by atoms with Crippen LogP contribution in [0.25, 0.3) is 0 Å². The van der Waals surface area contributed by atoms with Crippen LogP contribution in [0, 0.1) is 0 Å². The zero-order chi connectivity index (χ0) is 10.1. The lowest BCUT2D eigenvalue weighted by Crippen LogP contribution is -2.43. The Balaban J connectivity index is 1.92. The standard InChI is InChI=1S/C9H14N2O3/c12-6-3-4-11(5-6)9(14)7-1-2-8(13)10-7/h6-7,12H,1-5H2,(H,10,13)/t6-,7+/m0/s1. The van der Waals surface area contributed by atoms with Crippen molar-refractivity contribution in [2.24, 2.45) is 0 Å². The summed E-state index contributed by atoms with van der Waals surface area (Å²) in [5, 5.41) is 11.9. The van der Waals surface area contributed by atoms with Crippen LogP contribution in [0.3, 0.4) is 0 Å². The monoisotopic (exact) mass is 198 g/mol. The van der Waals surface area contributed by atoms with Crippen LogP contribution in [0.4, 0.5) is 0 Å². The summed E-state index contributed by atoms with van der Waals surface area (Å²) in [7, 11) is 0. The molecule has 2 fully saturated rings. The van der Waals surface area contributed by atoms with Crippen molar-refractivity contribution in [3.05, 3.63) is 0 Å². The van der Waals surface area contributed by atoms with Crippen LogP contribution in [0.5, 0.6) is 0 Å². The van der Waals surface area contributed by atoms with Gasteiger partial charge in [-0.15, -0.1) is 0 Å². The number of nitrogens with one attached hydrogen (secondary N) is 1. The van der Waals surface area contributed by atoms with Crippen molar-refractivity contribution in [3.8, 4) is 0 Å². The molecule has 0 spiro atoms. The molecule has 2 amide bonds. The summed E-state index contributed by atoms with van der Waals surface area (Å²) in [4.78, 5) is 24.3. The normalized spacial score (nSPS) is 32.1. The van der Waals surface area contributed by atoms with E-state index in [4.69, 9.17) is 0 Å². The second-order valence-corrected chi connectivity index (χ2v) is 3.89. The highest BCUT2D eigenvalue weighted by Gasteiger charge is 2.33. The Morgan fingerprint density at radius 3 is 2.79 bits per heavy atom. The summed E-state index contributed by atoms with van der Waals surface area (Å²) in [6, 6.07) is -0.354. The largest absolute Gasteiger partial charge is 0.391 e. The molecule has 2 rings (SSSR count). The van der Waals surface area contributed by atoms with E-state index in [9.17, 15) is 14.7 Å². The second kappa shape index (κ2) is 3.57. The van der Waals surface area contributed by atoms with Gasteiger partial charge in [0.1, 0.15) is 6.04 Å². The predicted octanol–water partition coefficient (Wildman–Crippen LogP) is -1.14. The van der Waals surface area contributed by atoms with E-state index in [1.807, 2.05) is 0 Å². The van der Waals surface area contributed by atoms with Crippen molar-refractivity contribution in [1.29, 1.82) is 0 Å². The summed E-state index contributed by atoms with van der Waals surface area (Å²) in [5.74, 6) is -0.101. The molecule has 78 valence electrons. The smallest absolute Gasteiger partial charge is 0.245 e. The molecule has 5 heteroatoms. The number of β-amino-alcohol motifs (C(OH)–C–C–N with tert-alkyl or cyclic N) is 1. The minimum Gasteiger partial charge on any atom is -0.391 e. The van der Waals surface area contributed by atoms with Crippen molar-refractivity contribution in [3.63, 3.8) is 0 Å². The Bertz CT molecular complexity index is 267. The van der Waals surface area contributed by atoms with Crippen molar-refractivity contribution in [2.45, 2.75) is 31.4 Å². The number of likely N-dealkylation sites (tertiary alicyclic amines) is 1. The highest BCUT2D eigenvalue weighted by molar-refractivity contribution is 5.90. The van der Waals surface area contributed by atoms with Crippen molar-refractivity contribution in [2.75, 3.05) is 13.1 Å². The zero-order valence-electron chi connectivity index (χ0n) is 7.90. The first-order chi connectivity index (χ1) is 6.66. The fourth-order valence-corrected chi connectivity index (χ4v) is 1.96. The third-order valence-corrected chi connectivity index (χ3v) is 2.77. The van der Waals surface area contributed by atoms with Gasteiger partial charge in [0.15, 0.2) is 0 Å². The van der Waals surface area contributed by atoms with Crippen LogP contribution in [-0.2, 0) is 9.59 Å². The van der Waals surface area contributed by atoms with Crippen LogP contribution in [-0.4, -0.2) is 47.1 Å². The lowest BCUT2D eigenvalue weighted by molar-refractivity contribution is -0.133. The Labute approximate surface area is 82.1 Å². The number of hydrogen-bond acceptors (Lipinski definition) is 3. The zero-order valence-corrected chi connectivity index (χ0v) is 7.90. The quantitative estimate of drug-likeness (QED) is 0.559. The Morgan fingerprint density at radius 1 is 1.50 bits per heavy atom. The number of aliphatic hydroxyl groups is 1. The molecule has 0 aromatic carbocycles. The summed E-state index contributed by atoms with van der Waals surface area (Å²) in [5.41, 5.74) is 0. The van der Waals surface area contributed by atoms with Gasteiger partial charge in [-0.3, -0.25) is 9.59 Å². The van der Waals surface area contributed by atoms with E-state index >= 15 is 0 Å². The van der Waals surface area contributed by atoms with Gasteiger partial charge in [0.25, 0.3) is 0 Å². The van der Waals surface area contributed by atoms with Crippen molar-refractivity contribution in [1.82, 2.24) is 10.2 Å². The number of rotatable bonds is 1. The number of carbonyl (C=O) groups is 2.